The van der Waals surface area contributed by atoms with Crippen molar-refractivity contribution in [3.05, 3.63) is 24.3 Å². The molecular weight excluding hydrogens is 324 g/mol. The summed E-state index contributed by atoms with van der Waals surface area (Å²) in [5.74, 6) is 3.19. The molecule has 0 aliphatic heterocycles. The zero-order chi connectivity index (χ0) is 17.7. The van der Waals surface area contributed by atoms with E-state index in [1.54, 1.807) is 0 Å². The van der Waals surface area contributed by atoms with Gasteiger partial charge in [-0.1, -0.05) is 38.2 Å². The van der Waals surface area contributed by atoms with Gasteiger partial charge in [0, 0.05) is 13.2 Å². The third-order valence-corrected chi connectivity index (χ3v) is 6.67. The Morgan fingerprint density at radius 2 is 1.28 bits per heavy atom. The maximum absolute atomic E-state index is 5.87. The Labute approximate surface area is 158 Å². The van der Waals surface area contributed by atoms with Crippen molar-refractivity contribution in [1.29, 1.82) is 0 Å². The molecule has 4 unspecified atom stereocenters. The maximum Gasteiger partial charge on any atom is 0.304 e. The van der Waals surface area contributed by atoms with E-state index in [1.807, 2.05) is 0 Å². The third-order valence-electron chi connectivity index (χ3n) is 5.86. The molecule has 0 bridgehead atoms. The van der Waals surface area contributed by atoms with Crippen molar-refractivity contribution < 1.29 is 8.85 Å². The Bertz CT molecular complexity index is 357. The van der Waals surface area contributed by atoms with E-state index in [0.29, 0.717) is 11.8 Å². The number of hydrogen-bond donors (Lipinski definition) is 0. The molecule has 0 aromatic carbocycles. The average Bonchev–Trinajstić information content (AvgIpc) is 2.66. The van der Waals surface area contributed by atoms with Crippen LogP contribution in [-0.4, -0.2) is 23.2 Å². The van der Waals surface area contributed by atoms with Crippen LogP contribution in [0.5, 0.6) is 0 Å². The van der Waals surface area contributed by atoms with Crippen LogP contribution in [0.15, 0.2) is 24.3 Å². The standard InChI is InChI=1S/C22H40O2Si/c1-19(13-15-21-9-5-3-6-10-21)17-23-25-24-18-20(2)14-16-22-11-7-4-8-12-22/h3-5,7,19-22H,6,8-18,25H2,1-2H3. The Kier molecular flexibility index (Phi) is 10.8. The topological polar surface area (TPSA) is 18.5 Å². The van der Waals surface area contributed by atoms with Gasteiger partial charge in [-0.2, -0.15) is 0 Å². The molecule has 2 aliphatic carbocycles. The highest BCUT2D eigenvalue weighted by molar-refractivity contribution is 6.17. The largest absolute Gasteiger partial charge is 0.399 e. The Morgan fingerprint density at radius 3 is 1.68 bits per heavy atom. The smallest absolute Gasteiger partial charge is 0.304 e. The molecule has 0 amide bonds. The number of rotatable bonds is 12. The van der Waals surface area contributed by atoms with Crippen LogP contribution >= 0.6 is 0 Å². The lowest BCUT2D eigenvalue weighted by Crippen LogP contribution is -2.16. The molecule has 4 atom stereocenters. The fourth-order valence-electron chi connectivity index (χ4n) is 4.00. The number of hydrogen-bond acceptors (Lipinski definition) is 2. The molecule has 25 heavy (non-hydrogen) atoms. The molecular formula is C22H40O2Si. The summed E-state index contributed by atoms with van der Waals surface area (Å²) in [6.07, 6.45) is 22.7. The second-order valence-electron chi connectivity index (χ2n) is 8.53. The maximum atomic E-state index is 5.87. The number of allylic oxidation sites excluding steroid dienone is 4. The minimum Gasteiger partial charge on any atom is -0.399 e. The van der Waals surface area contributed by atoms with Crippen molar-refractivity contribution in [2.24, 2.45) is 23.7 Å². The predicted octanol–water partition coefficient (Wildman–Crippen LogP) is 5.56. The first-order valence-electron chi connectivity index (χ1n) is 10.7. The molecule has 0 saturated heterocycles. The summed E-state index contributed by atoms with van der Waals surface area (Å²) < 4.78 is 11.7. The van der Waals surface area contributed by atoms with Gasteiger partial charge in [0.05, 0.1) is 0 Å². The van der Waals surface area contributed by atoms with Crippen molar-refractivity contribution in [1.82, 2.24) is 0 Å². The molecule has 0 aromatic rings. The molecule has 2 nitrogen and oxygen atoms in total. The van der Waals surface area contributed by atoms with E-state index in [0.717, 1.165) is 25.0 Å². The zero-order valence-electron chi connectivity index (χ0n) is 16.6. The first-order valence-corrected chi connectivity index (χ1v) is 11.8. The van der Waals surface area contributed by atoms with E-state index in [2.05, 4.69) is 38.2 Å². The average molecular weight is 365 g/mol. The van der Waals surface area contributed by atoms with Gasteiger partial charge in [-0.25, -0.2) is 0 Å². The van der Waals surface area contributed by atoms with E-state index in [9.17, 15) is 0 Å². The van der Waals surface area contributed by atoms with Gasteiger partial charge in [0.2, 0.25) is 0 Å². The molecule has 0 saturated carbocycles. The first kappa shape index (κ1) is 20.9. The van der Waals surface area contributed by atoms with Crippen molar-refractivity contribution in [3.63, 3.8) is 0 Å². The summed E-state index contributed by atoms with van der Waals surface area (Å²) in [4.78, 5) is 0. The van der Waals surface area contributed by atoms with Gasteiger partial charge in [0.15, 0.2) is 0 Å². The first-order chi connectivity index (χ1) is 12.2. The molecule has 144 valence electrons. The summed E-state index contributed by atoms with van der Waals surface area (Å²) in [5, 5.41) is 0. The van der Waals surface area contributed by atoms with Crippen LogP contribution in [0.1, 0.15) is 78.1 Å². The predicted molar refractivity (Wildman–Crippen MR) is 110 cm³/mol. The summed E-state index contributed by atoms with van der Waals surface area (Å²) in [6, 6.07) is 0. The van der Waals surface area contributed by atoms with Crippen molar-refractivity contribution in [3.8, 4) is 0 Å². The minimum absolute atomic E-state index is 0.679. The molecule has 0 spiro atoms. The Balaban J connectivity index is 1.40. The molecule has 0 N–H and O–H groups in total. The van der Waals surface area contributed by atoms with Gasteiger partial charge >= 0.3 is 10.0 Å². The van der Waals surface area contributed by atoms with E-state index >= 15 is 0 Å². The highest BCUT2D eigenvalue weighted by atomic mass is 28.3. The Hall–Kier alpha value is -0.383. The van der Waals surface area contributed by atoms with Crippen LogP contribution in [0, 0.1) is 23.7 Å². The van der Waals surface area contributed by atoms with Gasteiger partial charge < -0.3 is 8.85 Å². The van der Waals surface area contributed by atoms with Gasteiger partial charge in [0.1, 0.15) is 0 Å². The van der Waals surface area contributed by atoms with Crippen molar-refractivity contribution in [2.75, 3.05) is 13.2 Å². The summed E-state index contributed by atoms with van der Waals surface area (Å²) in [5.41, 5.74) is 0. The normalized spacial score (nSPS) is 26.3. The van der Waals surface area contributed by atoms with Gasteiger partial charge in [-0.3, -0.25) is 0 Å². The van der Waals surface area contributed by atoms with Crippen LogP contribution < -0.4 is 0 Å². The van der Waals surface area contributed by atoms with E-state index < -0.39 is 10.0 Å². The molecule has 2 rings (SSSR count). The van der Waals surface area contributed by atoms with Gasteiger partial charge in [-0.05, 0) is 87.9 Å². The fourth-order valence-corrected chi connectivity index (χ4v) is 5.12. The molecule has 2 aliphatic rings. The fraction of sp³-hybridized carbons (Fsp3) is 0.818. The lowest BCUT2D eigenvalue weighted by atomic mass is 9.88. The highest BCUT2D eigenvalue weighted by Crippen LogP contribution is 2.25. The summed E-state index contributed by atoms with van der Waals surface area (Å²) in [7, 11) is -0.777. The minimum atomic E-state index is -0.777. The molecule has 0 heterocycles. The Morgan fingerprint density at radius 1 is 0.800 bits per heavy atom. The second-order valence-corrected chi connectivity index (χ2v) is 9.58. The SMILES string of the molecule is CC(CCC1CC=CCC1)CO[SiH2]OCC(C)CCC1CC=CCC1. The lowest BCUT2D eigenvalue weighted by Gasteiger charge is -2.21. The summed E-state index contributed by atoms with van der Waals surface area (Å²) in [6.45, 7) is 6.46. The lowest BCUT2D eigenvalue weighted by molar-refractivity contribution is 0.167. The van der Waals surface area contributed by atoms with Gasteiger partial charge in [-0.15, -0.1) is 0 Å². The quantitative estimate of drug-likeness (QED) is 0.256. The molecule has 0 radical (unpaired) electrons. The van der Waals surface area contributed by atoms with Crippen LogP contribution in [0.2, 0.25) is 0 Å². The van der Waals surface area contributed by atoms with E-state index in [4.69, 9.17) is 8.85 Å². The van der Waals surface area contributed by atoms with Crippen LogP contribution in [0.3, 0.4) is 0 Å². The van der Waals surface area contributed by atoms with Crippen molar-refractivity contribution in [2.45, 2.75) is 78.1 Å². The van der Waals surface area contributed by atoms with Crippen LogP contribution in [0.4, 0.5) is 0 Å². The molecule has 0 aromatic heterocycles. The monoisotopic (exact) mass is 364 g/mol. The highest BCUT2D eigenvalue weighted by Gasteiger charge is 2.13. The second kappa shape index (κ2) is 12.9. The van der Waals surface area contributed by atoms with Gasteiger partial charge in [0.25, 0.3) is 0 Å². The summed E-state index contributed by atoms with van der Waals surface area (Å²) >= 11 is 0. The van der Waals surface area contributed by atoms with Crippen LogP contribution in [-0.2, 0) is 8.85 Å². The molecule has 0 fully saturated rings. The zero-order valence-corrected chi connectivity index (χ0v) is 18.0. The van der Waals surface area contributed by atoms with Crippen LogP contribution in [0.25, 0.3) is 0 Å². The van der Waals surface area contributed by atoms with Crippen molar-refractivity contribution >= 4 is 10.0 Å². The third kappa shape index (κ3) is 9.77. The van der Waals surface area contributed by atoms with E-state index in [-0.39, 0.29) is 0 Å². The van der Waals surface area contributed by atoms with E-state index in [1.165, 1.54) is 64.2 Å². The molecule has 3 heteroatoms.